The fourth-order valence-electron chi connectivity index (χ4n) is 2.38. The van der Waals surface area contributed by atoms with E-state index in [2.05, 4.69) is 31.7 Å². The molecule has 1 saturated carbocycles. The summed E-state index contributed by atoms with van der Waals surface area (Å²) in [4.78, 5) is 4.38. The molecular formula is C12H15N5. The van der Waals surface area contributed by atoms with Gasteiger partial charge in [0.05, 0.1) is 0 Å². The molecule has 0 amide bonds. The van der Waals surface area contributed by atoms with Gasteiger partial charge < -0.3 is 0 Å². The summed E-state index contributed by atoms with van der Waals surface area (Å²) in [5.74, 6) is 1.88. The lowest BCUT2D eigenvalue weighted by Crippen LogP contribution is -2.23. The Labute approximate surface area is 99.7 Å². The molecule has 0 bridgehead atoms. The van der Waals surface area contributed by atoms with E-state index < -0.39 is 0 Å². The Balaban J connectivity index is 1.80. The van der Waals surface area contributed by atoms with E-state index in [9.17, 15) is 0 Å². The van der Waals surface area contributed by atoms with Crippen LogP contribution in [0.15, 0.2) is 24.4 Å². The molecule has 3 rings (SSSR count). The first-order valence-electron chi connectivity index (χ1n) is 6.07. The molecule has 88 valence electrons. The van der Waals surface area contributed by atoms with Gasteiger partial charge in [-0.15, -0.1) is 10.2 Å². The lowest BCUT2D eigenvalue weighted by atomic mass is 9.74. The zero-order valence-corrected chi connectivity index (χ0v) is 9.58. The molecule has 2 heterocycles. The van der Waals surface area contributed by atoms with Gasteiger partial charge in [0, 0.05) is 17.8 Å². The third-order valence-electron chi connectivity index (χ3n) is 3.57. The maximum atomic E-state index is 4.38. The normalized spacial score (nSPS) is 17.6. The van der Waals surface area contributed by atoms with Crippen molar-refractivity contribution in [2.24, 2.45) is 5.92 Å². The van der Waals surface area contributed by atoms with E-state index in [1.165, 1.54) is 19.3 Å². The van der Waals surface area contributed by atoms with Crippen LogP contribution in [0.4, 0.5) is 0 Å². The first-order chi connectivity index (χ1) is 8.43. The molecule has 5 nitrogen and oxygen atoms in total. The van der Waals surface area contributed by atoms with Crippen LogP contribution in [0.5, 0.6) is 0 Å². The minimum Gasteiger partial charge on any atom is -0.261 e. The van der Waals surface area contributed by atoms with Gasteiger partial charge in [-0.3, -0.25) is 4.98 Å². The largest absolute Gasteiger partial charge is 0.261 e. The predicted octanol–water partition coefficient (Wildman–Crippen LogP) is 1.72. The van der Waals surface area contributed by atoms with Crippen molar-refractivity contribution in [3.8, 4) is 0 Å². The standard InChI is InChI=1S/C12H15N5/c1-2-7-13-10(6-1)8-11(9-4-3-5-9)12-14-16-17-15-12/h1-2,6-7,9,11H,3-5,8H2,(H,14,15,16,17). The van der Waals surface area contributed by atoms with E-state index in [0.29, 0.717) is 11.8 Å². The summed E-state index contributed by atoms with van der Waals surface area (Å²) in [6.07, 6.45) is 6.60. The zero-order valence-electron chi connectivity index (χ0n) is 9.58. The van der Waals surface area contributed by atoms with Crippen LogP contribution in [-0.4, -0.2) is 25.6 Å². The summed E-state index contributed by atoms with van der Waals surface area (Å²) in [7, 11) is 0. The highest BCUT2D eigenvalue weighted by molar-refractivity contribution is 5.10. The van der Waals surface area contributed by atoms with Crippen LogP contribution in [0.3, 0.4) is 0 Å². The average Bonchev–Trinajstić information content (AvgIpc) is 2.80. The Morgan fingerprint density at radius 2 is 2.29 bits per heavy atom. The SMILES string of the molecule is c1ccc(CC(c2nn[nH]n2)C2CCC2)nc1. The van der Waals surface area contributed by atoms with Crippen LogP contribution < -0.4 is 0 Å². The van der Waals surface area contributed by atoms with Gasteiger partial charge in [0.15, 0.2) is 5.82 Å². The second-order valence-electron chi connectivity index (χ2n) is 4.59. The van der Waals surface area contributed by atoms with Gasteiger partial charge in [-0.05, 0) is 37.3 Å². The van der Waals surface area contributed by atoms with Crippen molar-refractivity contribution >= 4 is 0 Å². The molecule has 0 aliphatic heterocycles. The minimum atomic E-state index is 0.359. The van der Waals surface area contributed by atoms with Gasteiger partial charge in [0.25, 0.3) is 0 Å². The second kappa shape index (κ2) is 4.61. The molecule has 1 atom stereocenters. The van der Waals surface area contributed by atoms with Crippen LogP contribution in [-0.2, 0) is 6.42 Å². The van der Waals surface area contributed by atoms with E-state index in [1.807, 2.05) is 18.3 Å². The maximum Gasteiger partial charge on any atom is 0.178 e. The van der Waals surface area contributed by atoms with E-state index in [-0.39, 0.29) is 0 Å². The number of hydrogen-bond acceptors (Lipinski definition) is 4. The molecule has 2 aromatic rings. The second-order valence-corrected chi connectivity index (χ2v) is 4.59. The Hall–Kier alpha value is -1.78. The number of nitrogens with zero attached hydrogens (tertiary/aromatic N) is 4. The van der Waals surface area contributed by atoms with Crippen molar-refractivity contribution in [1.29, 1.82) is 0 Å². The lowest BCUT2D eigenvalue weighted by molar-refractivity contribution is 0.251. The summed E-state index contributed by atoms with van der Waals surface area (Å²) < 4.78 is 0. The van der Waals surface area contributed by atoms with Crippen molar-refractivity contribution in [3.63, 3.8) is 0 Å². The molecule has 17 heavy (non-hydrogen) atoms. The van der Waals surface area contributed by atoms with Gasteiger partial charge in [-0.2, -0.15) is 5.21 Å². The molecule has 0 aromatic carbocycles. The third kappa shape index (κ3) is 2.18. The lowest BCUT2D eigenvalue weighted by Gasteiger charge is -2.31. The Kier molecular flexibility index (Phi) is 2.81. The quantitative estimate of drug-likeness (QED) is 0.866. The molecular weight excluding hydrogens is 214 g/mol. The molecule has 0 spiro atoms. The highest BCUT2D eigenvalue weighted by atomic mass is 15.5. The van der Waals surface area contributed by atoms with Crippen LogP contribution in [0, 0.1) is 5.92 Å². The molecule has 1 N–H and O–H groups in total. The van der Waals surface area contributed by atoms with Crippen molar-refractivity contribution < 1.29 is 0 Å². The van der Waals surface area contributed by atoms with Crippen molar-refractivity contribution in [2.75, 3.05) is 0 Å². The summed E-state index contributed by atoms with van der Waals surface area (Å²) in [6, 6.07) is 6.03. The number of pyridine rings is 1. The fraction of sp³-hybridized carbons (Fsp3) is 0.500. The molecule has 0 radical (unpaired) electrons. The van der Waals surface area contributed by atoms with Crippen LogP contribution in [0.2, 0.25) is 0 Å². The van der Waals surface area contributed by atoms with Crippen LogP contribution in [0.1, 0.15) is 36.7 Å². The highest BCUT2D eigenvalue weighted by Gasteiger charge is 2.31. The fourth-order valence-corrected chi connectivity index (χ4v) is 2.38. The minimum absolute atomic E-state index is 0.359. The summed E-state index contributed by atoms with van der Waals surface area (Å²) in [5.41, 5.74) is 1.11. The van der Waals surface area contributed by atoms with Gasteiger partial charge in [-0.1, -0.05) is 17.7 Å². The predicted molar refractivity (Wildman–Crippen MR) is 62.2 cm³/mol. The third-order valence-corrected chi connectivity index (χ3v) is 3.57. The molecule has 1 aliphatic carbocycles. The Morgan fingerprint density at radius 1 is 1.35 bits per heavy atom. The first-order valence-corrected chi connectivity index (χ1v) is 6.07. The van der Waals surface area contributed by atoms with Crippen molar-refractivity contribution in [2.45, 2.75) is 31.6 Å². The van der Waals surface area contributed by atoms with Crippen molar-refractivity contribution in [3.05, 3.63) is 35.9 Å². The number of rotatable bonds is 4. The summed E-state index contributed by atoms with van der Waals surface area (Å²) >= 11 is 0. The number of H-pyrrole nitrogens is 1. The number of hydrogen-bond donors (Lipinski definition) is 1. The molecule has 2 aromatic heterocycles. The van der Waals surface area contributed by atoms with E-state index in [1.54, 1.807) is 0 Å². The van der Waals surface area contributed by atoms with Crippen LogP contribution >= 0.6 is 0 Å². The smallest absolute Gasteiger partial charge is 0.178 e. The first kappa shape index (κ1) is 10.4. The van der Waals surface area contributed by atoms with E-state index >= 15 is 0 Å². The van der Waals surface area contributed by atoms with E-state index in [0.717, 1.165) is 17.9 Å². The monoisotopic (exact) mass is 229 g/mol. The molecule has 1 aliphatic rings. The Morgan fingerprint density at radius 3 is 2.88 bits per heavy atom. The highest BCUT2D eigenvalue weighted by Crippen LogP contribution is 2.39. The number of aromatic amines is 1. The molecule has 5 heteroatoms. The summed E-state index contributed by atoms with van der Waals surface area (Å²) in [5, 5.41) is 14.5. The average molecular weight is 229 g/mol. The zero-order chi connectivity index (χ0) is 11.5. The number of aromatic nitrogens is 5. The molecule has 1 unspecified atom stereocenters. The topological polar surface area (TPSA) is 67.3 Å². The molecule has 1 fully saturated rings. The molecule has 0 saturated heterocycles. The number of tetrazole rings is 1. The van der Waals surface area contributed by atoms with Crippen LogP contribution in [0.25, 0.3) is 0 Å². The van der Waals surface area contributed by atoms with E-state index in [4.69, 9.17) is 0 Å². The number of nitrogens with one attached hydrogen (secondary N) is 1. The van der Waals surface area contributed by atoms with Crippen molar-refractivity contribution in [1.82, 2.24) is 25.6 Å². The van der Waals surface area contributed by atoms with Gasteiger partial charge in [0.1, 0.15) is 0 Å². The maximum absolute atomic E-state index is 4.38. The Bertz CT molecular complexity index is 449. The summed E-state index contributed by atoms with van der Waals surface area (Å²) in [6.45, 7) is 0. The van der Waals surface area contributed by atoms with Gasteiger partial charge in [0.2, 0.25) is 0 Å². The van der Waals surface area contributed by atoms with Gasteiger partial charge in [-0.25, -0.2) is 0 Å². The van der Waals surface area contributed by atoms with Gasteiger partial charge >= 0.3 is 0 Å².